The fourth-order valence-electron chi connectivity index (χ4n) is 3.11. The highest BCUT2D eigenvalue weighted by atomic mass is 127. The van der Waals surface area contributed by atoms with Crippen molar-refractivity contribution in [2.45, 2.75) is 39.7 Å². The van der Waals surface area contributed by atoms with E-state index in [4.69, 9.17) is 9.73 Å². The van der Waals surface area contributed by atoms with Crippen molar-refractivity contribution < 1.29 is 4.74 Å². The molecule has 1 heterocycles. The molecule has 1 aliphatic heterocycles. The summed E-state index contributed by atoms with van der Waals surface area (Å²) < 4.78 is 5.81. The van der Waals surface area contributed by atoms with E-state index in [9.17, 15) is 0 Å². The van der Waals surface area contributed by atoms with Gasteiger partial charge in [-0.15, -0.1) is 24.0 Å². The van der Waals surface area contributed by atoms with E-state index in [2.05, 4.69) is 41.5 Å². The molecular formula is C21H37IN4O. The maximum atomic E-state index is 5.81. The molecule has 0 radical (unpaired) electrons. The average molecular weight is 488 g/mol. The van der Waals surface area contributed by atoms with Gasteiger partial charge in [0, 0.05) is 19.6 Å². The van der Waals surface area contributed by atoms with E-state index < -0.39 is 0 Å². The smallest absolute Gasteiger partial charge is 0.191 e. The van der Waals surface area contributed by atoms with E-state index in [0.29, 0.717) is 12.5 Å². The number of aliphatic imine (C=N–C) groups is 1. The predicted octanol–water partition coefficient (Wildman–Crippen LogP) is 3.50. The van der Waals surface area contributed by atoms with Gasteiger partial charge in [-0.1, -0.05) is 37.3 Å². The van der Waals surface area contributed by atoms with Gasteiger partial charge < -0.3 is 20.3 Å². The van der Waals surface area contributed by atoms with Crippen LogP contribution in [0, 0.1) is 5.92 Å². The third-order valence-corrected chi connectivity index (χ3v) is 4.56. The van der Waals surface area contributed by atoms with Crippen LogP contribution in [0.25, 0.3) is 0 Å². The number of likely N-dealkylation sites (tertiary alicyclic amines) is 1. The van der Waals surface area contributed by atoms with E-state index in [1.807, 2.05) is 18.2 Å². The lowest BCUT2D eigenvalue weighted by molar-refractivity contribution is 0.0945. The van der Waals surface area contributed by atoms with Crippen molar-refractivity contribution >= 4 is 29.9 Å². The van der Waals surface area contributed by atoms with Gasteiger partial charge in [-0.25, -0.2) is 0 Å². The van der Waals surface area contributed by atoms with Gasteiger partial charge in [0.25, 0.3) is 0 Å². The average Bonchev–Trinajstić information content (AvgIpc) is 3.17. The van der Waals surface area contributed by atoms with Crippen LogP contribution in [0.2, 0.25) is 0 Å². The number of hydrogen-bond acceptors (Lipinski definition) is 3. The summed E-state index contributed by atoms with van der Waals surface area (Å²) in [6.45, 7) is 12.1. The van der Waals surface area contributed by atoms with Crippen molar-refractivity contribution in [3.63, 3.8) is 0 Å². The van der Waals surface area contributed by atoms with Crippen LogP contribution in [0.3, 0.4) is 0 Å². The Bertz CT molecular complexity index is 506. The van der Waals surface area contributed by atoms with Crippen LogP contribution in [0.4, 0.5) is 0 Å². The van der Waals surface area contributed by atoms with Gasteiger partial charge in [0.15, 0.2) is 5.96 Å². The van der Waals surface area contributed by atoms with Crippen molar-refractivity contribution in [1.29, 1.82) is 0 Å². The molecule has 5 nitrogen and oxygen atoms in total. The maximum absolute atomic E-state index is 5.81. The first-order valence-corrected chi connectivity index (χ1v) is 10.1. The highest BCUT2D eigenvalue weighted by Gasteiger charge is 2.10. The molecule has 6 heteroatoms. The van der Waals surface area contributed by atoms with Crippen LogP contribution in [0.5, 0.6) is 0 Å². The molecular weight excluding hydrogens is 451 g/mol. The summed E-state index contributed by atoms with van der Waals surface area (Å²) in [4.78, 5) is 7.26. The summed E-state index contributed by atoms with van der Waals surface area (Å²) in [5.41, 5.74) is 1.22. The molecule has 0 aromatic heterocycles. The predicted molar refractivity (Wildman–Crippen MR) is 125 cm³/mol. The summed E-state index contributed by atoms with van der Waals surface area (Å²) in [7, 11) is 0. The molecule has 1 atom stereocenters. The zero-order valence-corrected chi connectivity index (χ0v) is 19.3. The van der Waals surface area contributed by atoms with Crippen LogP contribution in [0.15, 0.2) is 35.3 Å². The minimum absolute atomic E-state index is 0. The minimum atomic E-state index is 0. The molecule has 1 saturated heterocycles. The topological polar surface area (TPSA) is 48.9 Å². The number of rotatable bonds is 11. The van der Waals surface area contributed by atoms with Crippen LogP contribution in [-0.2, 0) is 11.3 Å². The Morgan fingerprint density at radius 1 is 1.19 bits per heavy atom. The van der Waals surface area contributed by atoms with Gasteiger partial charge >= 0.3 is 0 Å². The van der Waals surface area contributed by atoms with Gasteiger partial charge in [0.2, 0.25) is 0 Å². The van der Waals surface area contributed by atoms with Crippen molar-refractivity contribution in [1.82, 2.24) is 15.5 Å². The Balaban J connectivity index is 0.00000364. The normalized spacial score (nSPS) is 16.0. The second-order valence-electron chi connectivity index (χ2n) is 7.15. The Labute approximate surface area is 182 Å². The number of nitrogens with one attached hydrogen (secondary N) is 2. The molecule has 2 rings (SSSR count). The first-order chi connectivity index (χ1) is 12.8. The summed E-state index contributed by atoms with van der Waals surface area (Å²) in [6, 6.07) is 10.3. The fraction of sp³-hybridized carbons (Fsp3) is 0.667. The molecule has 1 fully saturated rings. The largest absolute Gasteiger partial charge is 0.376 e. The Morgan fingerprint density at radius 2 is 1.93 bits per heavy atom. The Morgan fingerprint density at radius 3 is 2.63 bits per heavy atom. The first-order valence-electron chi connectivity index (χ1n) is 10.1. The molecule has 0 aliphatic carbocycles. The lowest BCUT2D eigenvalue weighted by Gasteiger charge is -2.16. The zero-order valence-electron chi connectivity index (χ0n) is 17.0. The summed E-state index contributed by atoms with van der Waals surface area (Å²) >= 11 is 0. The SMILES string of the molecule is CCNC(=NCC(C)COCc1ccccc1)NCCCN1CCCC1.I. The highest BCUT2D eigenvalue weighted by molar-refractivity contribution is 14.0. The summed E-state index contributed by atoms with van der Waals surface area (Å²) in [6.07, 6.45) is 3.89. The molecule has 0 spiro atoms. The molecule has 1 aromatic carbocycles. The van der Waals surface area contributed by atoms with E-state index in [0.717, 1.165) is 32.2 Å². The third kappa shape index (κ3) is 10.9. The molecule has 0 amide bonds. The van der Waals surface area contributed by atoms with E-state index in [1.54, 1.807) is 0 Å². The number of halogens is 1. The molecule has 1 aliphatic rings. The van der Waals surface area contributed by atoms with Crippen LogP contribution >= 0.6 is 24.0 Å². The quantitative estimate of drug-likeness (QED) is 0.217. The number of hydrogen-bond donors (Lipinski definition) is 2. The standard InChI is InChI=1S/C21H36N4O.HI/c1-3-22-21(23-12-9-15-25-13-7-8-14-25)24-16-19(2)17-26-18-20-10-5-4-6-11-20;/h4-6,10-11,19H,3,7-9,12-18H2,1-2H3,(H2,22,23,24);1H. The monoisotopic (exact) mass is 488 g/mol. The summed E-state index contributed by atoms with van der Waals surface area (Å²) in [5, 5.41) is 6.79. The molecule has 27 heavy (non-hydrogen) atoms. The van der Waals surface area contributed by atoms with E-state index in [-0.39, 0.29) is 24.0 Å². The van der Waals surface area contributed by atoms with Crippen molar-refractivity contribution in [2.75, 3.05) is 45.9 Å². The lowest BCUT2D eigenvalue weighted by Crippen LogP contribution is -2.39. The fourth-order valence-corrected chi connectivity index (χ4v) is 3.11. The van der Waals surface area contributed by atoms with Crippen molar-refractivity contribution in [3.8, 4) is 0 Å². The minimum Gasteiger partial charge on any atom is -0.376 e. The third-order valence-electron chi connectivity index (χ3n) is 4.56. The molecule has 154 valence electrons. The number of benzene rings is 1. The molecule has 2 N–H and O–H groups in total. The van der Waals surface area contributed by atoms with E-state index in [1.165, 1.54) is 44.5 Å². The Hall–Kier alpha value is -0.860. The lowest BCUT2D eigenvalue weighted by atomic mass is 10.2. The molecule has 0 bridgehead atoms. The van der Waals surface area contributed by atoms with Gasteiger partial charge in [0.1, 0.15) is 0 Å². The number of ether oxygens (including phenoxy) is 1. The zero-order chi connectivity index (χ0) is 18.5. The van der Waals surface area contributed by atoms with Crippen molar-refractivity contribution in [2.24, 2.45) is 10.9 Å². The maximum Gasteiger partial charge on any atom is 0.191 e. The highest BCUT2D eigenvalue weighted by Crippen LogP contribution is 2.07. The first kappa shape index (κ1) is 24.2. The van der Waals surface area contributed by atoms with Crippen LogP contribution in [0.1, 0.15) is 38.7 Å². The van der Waals surface area contributed by atoms with Gasteiger partial charge in [-0.3, -0.25) is 4.99 Å². The second-order valence-corrected chi connectivity index (χ2v) is 7.15. The van der Waals surface area contributed by atoms with Gasteiger partial charge in [0.05, 0.1) is 13.2 Å². The Kier molecular flexibility index (Phi) is 13.5. The van der Waals surface area contributed by atoms with Crippen molar-refractivity contribution in [3.05, 3.63) is 35.9 Å². The van der Waals surface area contributed by atoms with Gasteiger partial charge in [-0.05, 0) is 57.3 Å². The second kappa shape index (κ2) is 15.1. The number of guanidine groups is 1. The molecule has 0 saturated carbocycles. The summed E-state index contributed by atoms with van der Waals surface area (Å²) in [5.74, 6) is 1.32. The molecule has 1 unspecified atom stereocenters. The van der Waals surface area contributed by atoms with Crippen LogP contribution in [-0.4, -0.2) is 56.7 Å². The van der Waals surface area contributed by atoms with Crippen LogP contribution < -0.4 is 10.6 Å². The van der Waals surface area contributed by atoms with E-state index >= 15 is 0 Å². The molecule has 1 aromatic rings. The number of nitrogens with zero attached hydrogens (tertiary/aromatic N) is 2. The van der Waals surface area contributed by atoms with Gasteiger partial charge in [-0.2, -0.15) is 0 Å².